The average Bonchev–Trinajstić information content (AvgIpc) is 2.28. The minimum atomic E-state index is -0.138. The Hall–Kier alpha value is -1.55. The van der Waals surface area contributed by atoms with E-state index in [2.05, 4.69) is 21.6 Å². The molecule has 4 nitrogen and oxygen atoms in total. The van der Waals surface area contributed by atoms with Crippen molar-refractivity contribution in [1.82, 2.24) is 10.2 Å². The molecule has 100 valence electrons. The molecule has 18 heavy (non-hydrogen) atoms. The zero-order chi connectivity index (χ0) is 13.5. The van der Waals surface area contributed by atoms with E-state index in [0.29, 0.717) is 6.54 Å². The Morgan fingerprint density at radius 1 is 1.28 bits per heavy atom. The number of carbonyl (C=O) groups excluding carboxylic acids is 1. The number of carbonyl (C=O) groups is 1. The van der Waals surface area contributed by atoms with Crippen LogP contribution in [0.2, 0.25) is 0 Å². The molecule has 0 fully saturated rings. The quantitative estimate of drug-likeness (QED) is 0.787. The van der Waals surface area contributed by atoms with Gasteiger partial charge in [0, 0.05) is 12.2 Å². The van der Waals surface area contributed by atoms with Crippen molar-refractivity contribution >= 4 is 11.7 Å². The van der Waals surface area contributed by atoms with Crippen molar-refractivity contribution in [3.05, 3.63) is 29.3 Å². The van der Waals surface area contributed by atoms with Crippen LogP contribution in [0.3, 0.4) is 0 Å². The maximum absolute atomic E-state index is 11.7. The lowest BCUT2D eigenvalue weighted by molar-refractivity contribution is 0.251. The van der Waals surface area contributed by atoms with Gasteiger partial charge in [0.1, 0.15) is 0 Å². The first-order valence-corrected chi connectivity index (χ1v) is 6.26. The van der Waals surface area contributed by atoms with Crippen molar-refractivity contribution in [2.24, 2.45) is 0 Å². The summed E-state index contributed by atoms with van der Waals surface area (Å²) in [5, 5.41) is 5.71. The summed E-state index contributed by atoms with van der Waals surface area (Å²) in [5.74, 6) is 0. The largest absolute Gasteiger partial charge is 0.338 e. The predicted molar refractivity (Wildman–Crippen MR) is 76.1 cm³/mol. The van der Waals surface area contributed by atoms with Crippen LogP contribution in [-0.2, 0) is 0 Å². The van der Waals surface area contributed by atoms with Gasteiger partial charge in [-0.2, -0.15) is 0 Å². The van der Waals surface area contributed by atoms with Crippen LogP contribution in [0.15, 0.2) is 18.2 Å². The van der Waals surface area contributed by atoms with E-state index < -0.39 is 0 Å². The molecule has 0 heterocycles. The van der Waals surface area contributed by atoms with Crippen LogP contribution in [0, 0.1) is 13.8 Å². The van der Waals surface area contributed by atoms with Crippen molar-refractivity contribution in [2.75, 3.05) is 32.5 Å². The lowest BCUT2D eigenvalue weighted by Crippen LogP contribution is -2.31. The number of hydrogen-bond acceptors (Lipinski definition) is 2. The highest BCUT2D eigenvalue weighted by Crippen LogP contribution is 2.15. The fraction of sp³-hybridized carbons (Fsp3) is 0.500. The minimum Gasteiger partial charge on any atom is -0.338 e. The van der Waals surface area contributed by atoms with Gasteiger partial charge in [0.05, 0.1) is 0 Å². The van der Waals surface area contributed by atoms with E-state index in [-0.39, 0.29) is 6.03 Å². The summed E-state index contributed by atoms with van der Waals surface area (Å²) in [6.45, 7) is 5.70. The summed E-state index contributed by atoms with van der Waals surface area (Å²) in [5.41, 5.74) is 3.15. The first-order chi connectivity index (χ1) is 8.49. The van der Waals surface area contributed by atoms with Gasteiger partial charge in [-0.3, -0.25) is 0 Å². The molecule has 0 aliphatic rings. The molecule has 0 unspecified atom stereocenters. The maximum atomic E-state index is 11.7. The van der Waals surface area contributed by atoms with Crippen LogP contribution in [0.4, 0.5) is 10.5 Å². The second-order valence-corrected chi connectivity index (χ2v) is 4.86. The van der Waals surface area contributed by atoms with Crippen LogP contribution in [0.1, 0.15) is 17.5 Å². The van der Waals surface area contributed by atoms with Gasteiger partial charge in [-0.05, 0) is 52.5 Å². The first kappa shape index (κ1) is 14.5. The van der Waals surface area contributed by atoms with Gasteiger partial charge in [-0.15, -0.1) is 0 Å². The number of anilines is 1. The van der Waals surface area contributed by atoms with Crippen LogP contribution in [0.25, 0.3) is 0 Å². The molecular weight excluding hydrogens is 226 g/mol. The van der Waals surface area contributed by atoms with Gasteiger partial charge < -0.3 is 15.5 Å². The fourth-order valence-electron chi connectivity index (χ4n) is 1.72. The number of rotatable bonds is 5. The standard InChI is InChI=1S/C14H23N3O/c1-11-6-7-13(12(2)10-11)16-14(18)15-8-5-9-17(3)4/h6-7,10H,5,8-9H2,1-4H3,(H2,15,16,18). The van der Waals surface area contributed by atoms with Gasteiger partial charge in [0.15, 0.2) is 0 Å². The molecule has 0 aliphatic heterocycles. The molecule has 1 aromatic carbocycles. The van der Waals surface area contributed by atoms with Crippen molar-refractivity contribution in [3.8, 4) is 0 Å². The number of amides is 2. The van der Waals surface area contributed by atoms with E-state index in [4.69, 9.17) is 0 Å². The Labute approximate surface area is 109 Å². The Bertz CT molecular complexity index is 402. The summed E-state index contributed by atoms with van der Waals surface area (Å²) in [6.07, 6.45) is 0.952. The molecule has 1 aromatic rings. The molecule has 1 rings (SSSR count). The molecule has 4 heteroatoms. The highest BCUT2D eigenvalue weighted by atomic mass is 16.2. The second kappa shape index (κ2) is 7.01. The van der Waals surface area contributed by atoms with Gasteiger partial charge in [-0.25, -0.2) is 4.79 Å². The third-order valence-corrected chi connectivity index (χ3v) is 2.70. The van der Waals surface area contributed by atoms with Crippen molar-refractivity contribution in [2.45, 2.75) is 20.3 Å². The van der Waals surface area contributed by atoms with E-state index in [1.165, 1.54) is 5.56 Å². The lowest BCUT2D eigenvalue weighted by Gasteiger charge is -2.12. The zero-order valence-electron chi connectivity index (χ0n) is 11.7. The van der Waals surface area contributed by atoms with Crippen LogP contribution in [-0.4, -0.2) is 38.1 Å². The normalized spacial score (nSPS) is 10.5. The topological polar surface area (TPSA) is 44.4 Å². The van der Waals surface area contributed by atoms with E-state index in [0.717, 1.165) is 24.2 Å². The predicted octanol–water partition coefficient (Wildman–Crippen LogP) is 2.38. The third kappa shape index (κ3) is 5.19. The Morgan fingerprint density at radius 3 is 2.61 bits per heavy atom. The number of benzene rings is 1. The molecule has 2 N–H and O–H groups in total. The molecule has 0 aliphatic carbocycles. The second-order valence-electron chi connectivity index (χ2n) is 4.86. The Morgan fingerprint density at radius 2 is 2.00 bits per heavy atom. The number of hydrogen-bond donors (Lipinski definition) is 2. The summed E-state index contributed by atoms with van der Waals surface area (Å²) in [4.78, 5) is 13.8. The van der Waals surface area contributed by atoms with E-state index in [9.17, 15) is 4.79 Å². The van der Waals surface area contributed by atoms with Crippen LogP contribution >= 0.6 is 0 Å². The summed E-state index contributed by atoms with van der Waals surface area (Å²) in [6, 6.07) is 5.85. The van der Waals surface area contributed by atoms with Gasteiger partial charge in [-0.1, -0.05) is 17.7 Å². The van der Waals surface area contributed by atoms with Crippen molar-refractivity contribution in [1.29, 1.82) is 0 Å². The van der Waals surface area contributed by atoms with E-state index in [1.54, 1.807) is 0 Å². The molecule has 0 aromatic heterocycles. The Balaban J connectivity index is 2.35. The third-order valence-electron chi connectivity index (χ3n) is 2.70. The first-order valence-electron chi connectivity index (χ1n) is 6.26. The number of aryl methyl sites for hydroxylation is 2. The van der Waals surface area contributed by atoms with Crippen molar-refractivity contribution < 1.29 is 4.79 Å². The van der Waals surface area contributed by atoms with Crippen LogP contribution < -0.4 is 10.6 Å². The fourth-order valence-corrected chi connectivity index (χ4v) is 1.72. The molecule has 0 radical (unpaired) electrons. The summed E-state index contributed by atoms with van der Waals surface area (Å²) in [7, 11) is 4.05. The maximum Gasteiger partial charge on any atom is 0.319 e. The molecular formula is C14H23N3O. The number of urea groups is 1. The smallest absolute Gasteiger partial charge is 0.319 e. The Kier molecular flexibility index (Phi) is 5.65. The molecule has 0 atom stereocenters. The molecule has 0 saturated heterocycles. The summed E-state index contributed by atoms with van der Waals surface area (Å²) >= 11 is 0. The number of nitrogens with one attached hydrogen (secondary N) is 2. The van der Waals surface area contributed by atoms with Gasteiger partial charge >= 0.3 is 6.03 Å². The van der Waals surface area contributed by atoms with E-state index in [1.807, 2.05) is 40.1 Å². The molecule has 2 amide bonds. The lowest BCUT2D eigenvalue weighted by atomic mass is 10.1. The molecule has 0 spiro atoms. The minimum absolute atomic E-state index is 0.138. The zero-order valence-corrected chi connectivity index (χ0v) is 11.7. The van der Waals surface area contributed by atoms with Crippen LogP contribution in [0.5, 0.6) is 0 Å². The van der Waals surface area contributed by atoms with Crippen molar-refractivity contribution in [3.63, 3.8) is 0 Å². The highest BCUT2D eigenvalue weighted by molar-refractivity contribution is 5.90. The monoisotopic (exact) mass is 249 g/mol. The highest BCUT2D eigenvalue weighted by Gasteiger charge is 2.03. The number of nitrogens with zero attached hydrogens (tertiary/aromatic N) is 1. The average molecular weight is 249 g/mol. The van der Waals surface area contributed by atoms with E-state index >= 15 is 0 Å². The SMILES string of the molecule is Cc1ccc(NC(=O)NCCCN(C)C)c(C)c1. The molecule has 0 saturated carbocycles. The molecule has 0 bridgehead atoms. The summed E-state index contributed by atoms with van der Waals surface area (Å²) < 4.78 is 0. The van der Waals surface area contributed by atoms with Gasteiger partial charge in [0.2, 0.25) is 0 Å². The van der Waals surface area contributed by atoms with Gasteiger partial charge in [0.25, 0.3) is 0 Å².